The highest BCUT2D eigenvalue weighted by atomic mass is 16.5. The topological polar surface area (TPSA) is 47.6 Å². The summed E-state index contributed by atoms with van der Waals surface area (Å²) in [4.78, 5) is 12.6. The number of nitrogens with one attached hydrogen (secondary N) is 1. The number of ether oxygens (including phenoxy) is 2. The Morgan fingerprint density at radius 3 is 2.27 bits per heavy atom. The normalized spacial score (nSPS) is 10.5. The first-order valence-corrected chi connectivity index (χ1v) is 8.69. The summed E-state index contributed by atoms with van der Waals surface area (Å²) in [5.41, 5.74) is 1.79. The Morgan fingerprint density at radius 1 is 0.923 bits per heavy atom. The van der Waals surface area contributed by atoms with Gasteiger partial charge in [0.1, 0.15) is 11.5 Å². The van der Waals surface area contributed by atoms with E-state index < -0.39 is 0 Å². The van der Waals surface area contributed by atoms with Crippen LogP contribution in [0.1, 0.15) is 22.3 Å². The molecule has 0 spiro atoms. The zero-order valence-corrected chi connectivity index (χ0v) is 15.1. The fourth-order valence-electron chi connectivity index (χ4n) is 2.95. The van der Waals surface area contributed by atoms with E-state index >= 15 is 0 Å². The van der Waals surface area contributed by atoms with Gasteiger partial charge in [-0.25, -0.2) is 0 Å². The molecule has 0 saturated carbocycles. The molecule has 4 nitrogen and oxygen atoms in total. The molecule has 0 saturated heterocycles. The van der Waals surface area contributed by atoms with Gasteiger partial charge in [0.2, 0.25) is 0 Å². The lowest BCUT2D eigenvalue weighted by molar-refractivity contribution is 0.0950. The summed E-state index contributed by atoms with van der Waals surface area (Å²) in [5, 5.41) is 5.07. The van der Waals surface area contributed by atoms with Crippen LogP contribution in [0.3, 0.4) is 0 Å². The van der Waals surface area contributed by atoms with Gasteiger partial charge in [0.25, 0.3) is 5.91 Å². The highest BCUT2D eigenvalue weighted by Gasteiger charge is 2.13. The van der Waals surface area contributed by atoms with Crippen molar-refractivity contribution in [1.29, 1.82) is 0 Å². The molecule has 3 aromatic carbocycles. The number of fused-ring (bicyclic) bond motifs is 1. The van der Waals surface area contributed by atoms with Crippen molar-refractivity contribution in [2.75, 3.05) is 20.8 Å². The summed E-state index contributed by atoms with van der Waals surface area (Å²) in [6.45, 7) is 0.612. The Morgan fingerprint density at radius 2 is 1.62 bits per heavy atom. The maximum atomic E-state index is 12.6. The number of carbonyl (C=O) groups excluding carboxylic acids is 1. The molecule has 3 aromatic rings. The van der Waals surface area contributed by atoms with E-state index in [1.807, 2.05) is 60.7 Å². The molecule has 1 amide bonds. The first-order valence-electron chi connectivity index (χ1n) is 8.69. The maximum absolute atomic E-state index is 12.6. The minimum atomic E-state index is -0.109. The largest absolute Gasteiger partial charge is 0.497 e. The van der Waals surface area contributed by atoms with Crippen LogP contribution in [0.4, 0.5) is 0 Å². The van der Waals surface area contributed by atoms with Gasteiger partial charge in [-0.2, -0.15) is 0 Å². The van der Waals surface area contributed by atoms with Gasteiger partial charge >= 0.3 is 0 Å². The third kappa shape index (κ3) is 4.14. The summed E-state index contributed by atoms with van der Waals surface area (Å²) >= 11 is 0. The van der Waals surface area contributed by atoms with Gasteiger partial charge < -0.3 is 14.8 Å². The smallest absolute Gasteiger partial charge is 0.255 e. The van der Waals surface area contributed by atoms with Crippen LogP contribution >= 0.6 is 0 Å². The minimum Gasteiger partial charge on any atom is -0.497 e. The van der Waals surface area contributed by atoms with Crippen LogP contribution < -0.4 is 14.8 Å². The van der Waals surface area contributed by atoms with Crippen LogP contribution in [0.25, 0.3) is 10.8 Å². The first kappa shape index (κ1) is 17.8. The second-order valence-electron chi connectivity index (χ2n) is 6.11. The van der Waals surface area contributed by atoms with Crippen molar-refractivity contribution in [3.05, 3.63) is 71.8 Å². The van der Waals surface area contributed by atoms with Gasteiger partial charge in [0.15, 0.2) is 0 Å². The SMILES string of the molecule is COc1ccc(CCCNC(=O)c2cc3ccccc3cc2OC)cc1. The molecule has 0 fully saturated rings. The van der Waals surface area contributed by atoms with E-state index in [0.29, 0.717) is 17.9 Å². The number of amides is 1. The van der Waals surface area contributed by atoms with Crippen molar-refractivity contribution in [2.24, 2.45) is 0 Å². The molecule has 0 bridgehead atoms. The second kappa shape index (κ2) is 8.39. The summed E-state index contributed by atoms with van der Waals surface area (Å²) < 4.78 is 10.6. The van der Waals surface area contributed by atoms with Gasteiger partial charge in [0.05, 0.1) is 19.8 Å². The number of hydrogen-bond acceptors (Lipinski definition) is 3. The number of methoxy groups -OCH3 is 2. The van der Waals surface area contributed by atoms with E-state index in [-0.39, 0.29) is 5.91 Å². The van der Waals surface area contributed by atoms with Crippen LogP contribution in [0.5, 0.6) is 11.5 Å². The molecule has 26 heavy (non-hydrogen) atoms. The highest BCUT2D eigenvalue weighted by Crippen LogP contribution is 2.25. The molecule has 134 valence electrons. The van der Waals surface area contributed by atoms with Crippen LogP contribution in [-0.2, 0) is 6.42 Å². The molecule has 0 aliphatic carbocycles. The first-order chi connectivity index (χ1) is 12.7. The fraction of sp³-hybridized carbons (Fsp3) is 0.227. The molecule has 0 atom stereocenters. The van der Waals surface area contributed by atoms with Crippen LogP contribution in [0.2, 0.25) is 0 Å². The van der Waals surface area contributed by atoms with Crippen LogP contribution in [0.15, 0.2) is 60.7 Å². The maximum Gasteiger partial charge on any atom is 0.255 e. The fourth-order valence-corrected chi connectivity index (χ4v) is 2.95. The zero-order valence-electron chi connectivity index (χ0n) is 15.1. The van der Waals surface area contributed by atoms with Gasteiger partial charge in [-0.1, -0.05) is 36.4 Å². The number of hydrogen-bond donors (Lipinski definition) is 1. The molecule has 0 aliphatic heterocycles. The van der Waals surface area contributed by atoms with Crippen molar-refractivity contribution in [3.63, 3.8) is 0 Å². The van der Waals surface area contributed by atoms with E-state index in [4.69, 9.17) is 9.47 Å². The van der Waals surface area contributed by atoms with E-state index in [9.17, 15) is 4.79 Å². The lowest BCUT2D eigenvalue weighted by Gasteiger charge is -2.11. The van der Waals surface area contributed by atoms with Crippen molar-refractivity contribution >= 4 is 16.7 Å². The summed E-state index contributed by atoms with van der Waals surface area (Å²) in [6.07, 6.45) is 1.77. The number of rotatable bonds is 7. The molecule has 3 rings (SSSR count). The van der Waals surface area contributed by atoms with E-state index in [0.717, 1.165) is 29.4 Å². The Bertz CT molecular complexity index is 888. The molecule has 0 aromatic heterocycles. The van der Waals surface area contributed by atoms with E-state index in [2.05, 4.69) is 5.32 Å². The van der Waals surface area contributed by atoms with Crippen molar-refractivity contribution in [2.45, 2.75) is 12.8 Å². The Balaban J connectivity index is 1.60. The molecule has 0 unspecified atom stereocenters. The van der Waals surface area contributed by atoms with E-state index in [1.54, 1.807) is 14.2 Å². The minimum absolute atomic E-state index is 0.109. The Hall–Kier alpha value is -3.01. The molecule has 0 aliphatic rings. The molecule has 4 heteroatoms. The van der Waals surface area contributed by atoms with E-state index in [1.165, 1.54) is 5.56 Å². The predicted octanol–water partition coefficient (Wildman–Crippen LogP) is 4.22. The lowest BCUT2D eigenvalue weighted by Crippen LogP contribution is -2.25. The average molecular weight is 349 g/mol. The summed E-state index contributed by atoms with van der Waals surface area (Å²) in [6, 6.07) is 19.7. The standard InChI is InChI=1S/C22H23NO3/c1-25-19-11-9-16(10-12-19)6-5-13-23-22(24)20-14-17-7-3-4-8-18(17)15-21(20)26-2/h3-4,7-12,14-15H,5-6,13H2,1-2H3,(H,23,24). The van der Waals surface area contributed by atoms with Gasteiger partial charge in [0, 0.05) is 6.54 Å². The monoisotopic (exact) mass is 349 g/mol. The van der Waals surface area contributed by atoms with Crippen molar-refractivity contribution < 1.29 is 14.3 Å². The third-order valence-corrected chi connectivity index (χ3v) is 4.40. The van der Waals surface area contributed by atoms with Gasteiger partial charge in [-0.05, 0) is 53.4 Å². The summed E-state index contributed by atoms with van der Waals surface area (Å²) in [7, 11) is 3.25. The second-order valence-corrected chi connectivity index (χ2v) is 6.11. The molecule has 0 radical (unpaired) electrons. The third-order valence-electron chi connectivity index (χ3n) is 4.40. The summed E-state index contributed by atoms with van der Waals surface area (Å²) in [5.74, 6) is 1.34. The predicted molar refractivity (Wildman–Crippen MR) is 104 cm³/mol. The van der Waals surface area contributed by atoms with Crippen molar-refractivity contribution in [1.82, 2.24) is 5.32 Å². The van der Waals surface area contributed by atoms with Crippen LogP contribution in [0, 0.1) is 0 Å². The van der Waals surface area contributed by atoms with Crippen LogP contribution in [-0.4, -0.2) is 26.7 Å². The van der Waals surface area contributed by atoms with Gasteiger partial charge in [-0.15, -0.1) is 0 Å². The quantitative estimate of drug-likeness (QED) is 0.650. The number of carbonyl (C=O) groups is 1. The molecule has 1 N–H and O–H groups in total. The van der Waals surface area contributed by atoms with Gasteiger partial charge in [-0.3, -0.25) is 4.79 Å². The molecular formula is C22H23NO3. The zero-order chi connectivity index (χ0) is 18.4. The van der Waals surface area contributed by atoms with Crippen molar-refractivity contribution in [3.8, 4) is 11.5 Å². The average Bonchev–Trinajstić information content (AvgIpc) is 2.70. The lowest BCUT2D eigenvalue weighted by atomic mass is 10.1. The molecular weight excluding hydrogens is 326 g/mol. The highest BCUT2D eigenvalue weighted by molar-refractivity contribution is 6.01. The number of benzene rings is 3. The Kier molecular flexibility index (Phi) is 5.74. The number of aryl methyl sites for hydroxylation is 1. The Labute approximate surface area is 153 Å². The molecule has 0 heterocycles.